The summed E-state index contributed by atoms with van der Waals surface area (Å²) in [7, 11) is 0. The van der Waals surface area contributed by atoms with Gasteiger partial charge in [-0.2, -0.15) is 0 Å². The molecule has 1 aliphatic rings. The van der Waals surface area contributed by atoms with E-state index in [0.717, 1.165) is 37.1 Å². The number of rotatable bonds is 5. The zero-order valence-corrected chi connectivity index (χ0v) is 14.5. The van der Waals surface area contributed by atoms with Crippen LogP contribution < -0.4 is 0 Å². The Morgan fingerprint density at radius 2 is 2.18 bits per heavy atom. The molecule has 22 heavy (non-hydrogen) atoms. The van der Waals surface area contributed by atoms with Gasteiger partial charge in [-0.3, -0.25) is 9.59 Å². The van der Waals surface area contributed by atoms with Crippen LogP contribution in [0.25, 0.3) is 0 Å². The number of amides is 1. The normalized spacial score (nSPS) is 18.3. The second-order valence-corrected chi connectivity index (χ2v) is 7.04. The van der Waals surface area contributed by atoms with Gasteiger partial charge in [0, 0.05) is 18.0 Å². The number of hydrogen-bond acceptors (Lipinski definition) is 4. The Labute approximate surface area is 136 Å². The first-order valence-electron chi connectivity index (χ1n) is 8.12. The predicted octanol–water partition coefficient (Wildman–Crippen LogP) is 3.42. The molecular weight excluding hydrogens is 298 g/mol. The van der Waals surface area contributed by atoms with Gasteiger partial charge in [0.1, 0.15) is 0 Å². The summed E-state index contributed by atoms with van der Waals surface area (Å²) < 4.78 is 5.10. The van der Waals surface area contributed by atoms with Crippen LogP contribution in [0.1, 0.15) is 53.2 Å². The van der Waals surface area contributed by atoms with Crippen molar-refractivity contribution in [3.8, 4) is 0 Å². The van der Waals surface area contributed by atoms with E-state index in [0.29, 0.717) is 13.2 Å². The number of aryl methyl sites for hydroxylation is 2. The highest BCUT2D eigenvalue weighted by Crippen LogP contribution is 2.26. The predicted molar refractivity (Wildman–Crippen MR) is 88.3 cm³/mol. The average Bonchev–Trinajstić information content (AvgIpc) is 2.88. The second-order valence-electron chi connectivity index (χ2n) is 5.78. The third-order valence-corrected chi connectivity index (χ3v) is 5.16. The molecule has 0 saturated carbocycles. The van der Waals surface area contributed by atoms with Crippen molar-refractivity contribution in [3.05, 3.63) is 21.4 Å². The van der Waals surface area contributed by atoms with Gasteiger partial charge in [-0.15, -0.1) is 11.3 Å². The number of nitrogens with zero attached hydrogens (tertiary/aromatic N) is 1. The van der Waals surface area contributed by atoms with E-state index in [9.17, 15) is 9.59 Å². The fraction of sp³-hybridized carbons (Fsp3) is 0.647. The van der Waals surface area contributed by atoms with E-state index in [1.54, 1.807) is 11.3 Å². The highest BCUT2D eigenvalue weighted by atomic mass is 32.1. The maximum atomic E-state index is 12.7. The van der Waals surface area contributed by atoms with Gasteiger partial charge >= 0.3 is 5.97 Å². The van der Waals surface area contributed by atoms with Gasteiger partial charge in [0.25, 0.3) is 5.91 Å². The summed E-state index contributed by atoms with van der Waals surface area (Å²) in [5, 5.41) is 0. The van der Waals surface area contributed by atoms with E-state index in [4.69, 9.17) is 4.74 Å². The summed E-state index contributed by atoms with van der Waals surface area (Å²) in [5.74, 6) is -0.285. The van der Waals surface area contributed by atoms with Crippen LogP contribution in [0.2, 0.25) is 0 Å². The summed E-state index contributed by atoms with van der Waals surface area (Å²) in [6, 6.07) is 2.03. The SMILES string of the molecule is CCCc1cc(C(=O)N2CCC[C@@H](C(=O)OCC)C2)sc1C. The lowest BCUT2D eigenvalue weighted by molar-refractivity contribution is -0.149. The van der Waals surface area contributed by atoms with Crippen LogP contribution in [0, 0.1) is 12.8 Å². The standard InChI is InChI=1S/C17H25NO3S/c1-4-7-13-10-15(22-12(13)3)16(19)18-9-6-8-14(11-18)17(20)21-5-2/h10,14H,4-9,11H2,1-3H3/t14-/m1/s1. The molecular formula is C17H25NO3S. The molecule has 1 aromatic rings. The summed E-state index contributed by atoms with van der Waals surface area (Å²) in [6.07, 6.45) is 3.77. The molecule has 0 spiro atoms. The minimum absolute atomic E-state index is 0.0597. The van der Waals surface area contributed by atoms with E-state index in [-0.39, 0.29) is 17.8 Å². The molecule has 2 heterocycles. The molecule has 0 unspecified atom stereocenters. The van der Waals surface area contributed by atoms with Crippen molar-refractivity contribution in [3.63, 3.8) is 0 Å². The first-order chi connectivity index (χ1) is 10.6. The molecule has 4 nitrogen and oxygen atoms in total. The number of likely N-dealkylation sites (tertiary alicyclic amines) is 1. The molecule has 0 radical (unpaired) electrons. The highest BCUT2D eigenvalue weighted by Gasteiger charge is 2.30. The molecule has 122 valence electrons. The van der Waals surface area contributed by atoms with Gasteiger partial charge in [-0.1, -0.05) is 13.3 Å². The van der Waals surface area contributed by atoms with Crippen LogP contribution in [-0.4, -0.2) is 36.5 Å². The Morgan fingerprint density at radius 1 is 1.41 bits per heavy atom. The molecule has 1 aromatic heterocycles. The molecule has 0 aromatic carbocycles. The number of ether oxygens (including phenoxy) is 1. The number of carbonyl (C=O) groups excluding carboxylic acids is 2. The van der Waals surface area contributed by atoms with Gasteiger partial charge in [-0.05, 0) is 44.7 Å². The fourth-order valence-corrected chi connectivity index (χ4v) is 3.95. The molecule has 2 rings (SSSR count). The van der Waals surface area contributed by atoms with Crippen molar-refractivity contribution in [2.45, 2.75) is 46.5 Å². The lowest BCUT2D eigenvalue weighted by atomic mass is 9.98. The highest BCUT2D eigenvalue weighted by molar-refractivity contribution is 7.14. The minimum atomic E-state index is -0.172. The topological polar surface area (TPSA) is 46.6 Å². The molecule has 1 saturated heterocycles. The van der Waals surface area contributed by atoms with Gasteiger partial charge in [0.05, 0.1) is 17.4 Å². The zero-order chi connectivity index (χ0) is 16.1. The maximum absolute atomic E-state index is 12.7. The van der Waals surface area contributed by atoms with E-state index in [1.807, 2.05) is 17.9 Å². The lowest BCUT2D eigenvalue weighted by Crippen LogP contribution is -2.42. The third-order valence-electron chi connectivity index (χ3n) is 4.08. The van der Waals surface area contributed by atoms with Gasteiger partial charge in [0.15, 0.2) is 0 Å². The van der Waals surface area contributed by atoms with E-state index < -0.39 is 0 Å². The van der Waals surface area contributed by atoms with Crippen LogP contribution in [-0.2, 0) is 16.0 Å². The maximum Gasteiger partial charge on any atom is 0.310 e. The zero-order valence-electron chi connectivity index (χ0n) is 13.7. The van der Waals surface area contributed by atoms with Crippen molar-refractivity contribution in [1.29, 1.82) is 0 Å². The second kappa shape index (κ2) is 7.77. The first-order valence-corrected chi connectivity index (χ1v) is 8.93. The number of piperidine rings is 1. The minimum Gasteiger partial charge on any atom is -0.466 e. The monoisotopic (exact) mass is 323 g/mol. The van der Waals surface area contributed by atoms with Crippen LogP contribution in [0.5, 0.6) is 0 Å². The largest absolute Gasteiger partial charge is 0.466 e. The number of carbonyl (C=O) groups is 2. The van der Waals surface area contributed by atoms with Crippen molar-refractivity contribution >= 4 is 23.2 Å². The Hall–Kier alpha value is -1.36. The van der Waals surface area contributed by atoms with Crippen LogP contribution in [0.3, 0.4) is 0 Å². The number of hydrogen-bond donors (Lipinski definition) is 0. The fourth-order valence-electron chi connectivity index (χ4n) is 2.91. The Morgan fingerprint density at radius 3 is 2.86 bits per heavy atom. The van der Waals surface area contributed by atoms with Crippen LogP contribution in [0.4, 0.5) is 0 Å². The van der Waals surface area contributed by atoms with Crippen LogP contribution >= 0.6 is 11.3 Å². The molecule has 0 N–H and O–H groups in total. The average molecular weight is 323 g/mol. The van der Waals surface area contributed by atoms with E-state index in [2.05, 4.69) is 13.8 Å². The summed E-state index contributed by atoms with van der Waals surface area (Å²) in [4.78, 5) is 28.4. The molecule has 5 heteroatoms. The third kappa shape index (κ3) is 3.88. The van der Waals surface area contributed by atoms with Crippen molar-refractivity contribution in [1.82, 2.24) is 4.90 Å². The van der Waals surface area contributed by atoms with Crippen molar-refractivity contribution in [2.75, 3.05) is 19.7 Å². The quantitative estimate of drug-likeness (QED) is 0.780. The Bertz CT molecular complexity index is 538. The summed E-state index contributed by atoms with van der Waals surface area (Å²) in [5.41, 5.74) is 1.27. The molecule has 1 amide bonds. The van der Waals surface area contributed by atoms with Crippen molar-refractivity contribution in [2.24, 2.45) is 5.92 Å². The number of thiophene rings is 1. The lowest BCUT2D eigenvalue weighted by Gasteiger charge is -2.31. The molecule has 1 fully saturated rings. The Balaban J connectivity index is 2.05. The summed E-state index contributed by atoms with van der Waals surface area (Å²) in [6.45, 7) is 7.64. The summed E-state index contributed by atoms with van der Waals surface area (Å²) >= 11 is 1.57. The van der Waals surface area contributed by atoms with Gasteiger partial charge in [0.2, 0.25) is 0 Å². The first kappa shape index (κ1) is 17.0. The Kier molecular flexibility index (Phi) is 6.00. The van der Waals surface area contributed by atoms with Gasteiger partial charge < -0.3 is 9.64 Å². The molecule has 1 aliphatic heterocycles. The number of esters is 1. The van der Waals surface area contributed by atoms with Crippen molar-refractivity contribution < 1.29 is 14.3 Å². The van der Waals surface area contributed by atoms with Gasteiger partial charge in [-0.25, -0.2) is 0 Å². The molecule has 0 aliphatic carbocycles. The van der Waals surface area contributed by atoms with E-state index >= 15 is 0 Å². The smallest absolute Gasteiger partial charge is 0.310 e. The molecule has 1 atom stereocenters. The van der Waals surface area contributed by atoms with Crippen LogP contribution in [0.15, 0.2) is 6.07 Å². The van der Waals surface area contributed by atoms with E-state index in [1.165, 1.54) is 10.4 Å². The molecule has 0 bridgehead atoms.